The molecule has 88 valence electrons. The minimum atomic E-state index is -0.623. The predicted octanol–water partition coefficient (Wildman–Crippen LogP) is 3.70. The first-order chi connectivity index (χ1) is 7.72. The Morgan fingerprint density at radius 2 is 2.12 bits per heavy atom. The van der Waals surface area contributed by atoms with Crippen molar-refractivity contribution in [1.29, 1.82) is 0 Å². The van der Waals surface area contributed by atoms with Crippen LogP contribution in [0.3, 0.4) is 0 Å². The normalized spacial score (nSPS) is 9.88. The molecule has 1 aromatic rings. The van der Waals surface area contributed by atoms with Crippen LogP contribution in [0, 0.1) is 6.92 Å². The molecule has 0 heterocycles. The molecule has 0 aliphatic carbocycles. The van der Waals surface area contributed by atoms with Gasteiger partial charge in [-0.25, -0.2) is 4.79 Å². The van der Waals surface area contributed by atoms with Crippen LogP contribution >= 0.6 is 0 Å². The van der Waals surface area contributed by atoms with Gasteiger partial charge in [0.2, 0.25) is 0 Å². The molecule has 0 fully saturated rings. The number of ether oxygens (including phenoxy) is 2. The molecule has 0 amide bonds. The Labute approximate surface area is 96.4 Å². The third-order valence-corrected chi connectivity index (χ3v) is 2.16. The molecule has 3 heteroatoms. The van der Waals surface area contributed by atoms with Gasteiger partial charge in [-0.3, -0.25) is 0 Å². The minimum Gasteiger partial charge on any atom is -0.434 e. The molecule has 0 bridgehead atoms. The van der Waals surface area contributed by atoms with Crippen LogP contribution in [-0.2, 0) is 4.74 Å². The summed E-state index contributed by atoms with van der Waals surface area (Å²) in [6, 6.07) is 7.32. The Morgan fingerprint density at radius 3 is 2.81 bits per heavy atom. The average molecular weight is 222 g/mol. The monoisotopic (exact) mass is 222 g/mol. The van der Waals surface area contributed by atoms with E-state index in [1.54, 1.807) is 12.1 Å². The highest BCUT2D eigenvalue weighted by atomic mass is 16.7. The van der Waals surface area contributed by atoms with Crippen molar-refractivity contribution in [3.05, 3.63) is 29.8 Å². The molecule has 1 aromatic carbocycles. The Morgan fingerprint density at radius 1 is 1.31 bits per heavy atom. The van der Waals surface area contributed by atoms with Gasteiger partial charge >= 0.3 is 6.16 Å². The largest absolute Gasteiger partial charge is 0.513 e. The van der Waals surface area contributed by atoms with Crippen LogP contribution in [0.4, 0.5) is 4.79 Å². The third-order valence-electron chi connectivity index (χ3n) is 2.16. The fraction of sp³-hybridized carbons (Fsp3) is 0.462. The van der Waals surface area contributed by atoms with Gasteiger partial charge in [-0.1, -0.05) is 31.9 Å². The van der Waals surface area contributed by atoms with Gasteiger partial charge in [0.1, 0.15) is 5.75 Å². The van der Waals surface area contributed by atoms with Crippen LogP contribution in [0.1, 0.15) is 31.7 Å². The maximum atomic E-state index is 11.2. The van der Waals surface area contributed by atoms with E-state index in [1.165, 1.54) is 0 Å². The second kappa shape index (κ2) is 6.88. The maximum absolute atomic E-state index is 11.2. The van der Waals surface area contributed by atoms with Gasteiger partial charge in [0.25, 0.3) is 0 Å². The van der Waals surface area contributed by atoms with Crippen molar-refractivity contribution in [1.82, 2.24) is 0 Å². The Kier molecular flexibility index (Phi) is 5.40. The lowest BCUT2D eigenvalue weighted by Crippen LogP contribution is -2.11. The highest BCUT2D eigenvalue weighted by Gasteiger charge is 2.05. The Balaban J connectivity index is 2.29. The topological polar surface area (TPSA) is 35.5 Å². The molecule has 0 spiro atoms. The summed E-state index contributed by atoms with van der Waals surface area (Å²) >= 11 is 0. The summed E-state index contributed by atoms with van der Waals surface area (Å²) in [6.45, 7) is 4.48. The summed E-state index contributed by atoms with van der Waals surface area (Å²) in [4.78, 5) is 11.2. The van der Waals surface area contributed by atoms with Crippen molar-refractivity contribution in [3.63, 3.8) is 0 Å². The van der Waals surface area contributed by atoms with Gasteiger partial charge in [-0.2, -0.15) is 0 Å². The SMILES string of the molecule is CCCCCOC(=O)Oc1cccc(C)c1. The van der Waals surface area contributed by atoms with Gasteiger partial charge in [0.05, 0.1) is 6.61 Å². The van der Waals surface area contributed by atoms with E-state index in [0.29, 0.717) is 12.4 Å². The summed E-state index contributed by atoms with van der Waals surface area (Å²) in [5.41, 5.74) is 1.05. The smallest absolute Gasteiger partial charge is 0.434 e. The number of hydrogen-bond donors (Lipinski definition) is 0. The molecule has 0 radical (unpaired) electrons. The molecule has 0 N–H and O–H groups in total. The number of benzene rings is 1. The average Bonchev–Trinajstić information content (AvgIpc) is 2.24. The summed E-state index contributed by atoms with van der Waals surface area (Å²) in [7, 11) is 0. The molecule has 1 rings (SSSR count). The van der Waals surface area contributed by atoms with E-state index < -0.39 is 6.16 Å². The number of carbonyl (C=O) groups is 1. The number of unbranched alkanes of at least 4 members (excludes halogenated alkanes) is 2. The molecule has 0 aliphatic heterocycles. The second-order valence-electron chi connectivity index (χ2n) is 3.72. The lowest BCUT2D eigenvalue weighted by atomic mass is 10.2. The fourth-order valence-corrected chi connectivity index (χ4v) is 1.31. The quantitative estimate of drug-likeness (QED) is 0.433. The molecular formula is C13H18O3. The molecule has 0 atom stereocenters. The highest BCUT2D eigenvalue weighted by molar-refractivity contribution is 5.63. The van der Waals surface area contributed by atoms with Crippen molar-refractivity contribution in [2.24, 2.45) is 0 Å². The summed E-state index contributed by atoms with van der Waals surface area (Å²) in [5.74, 6) is 0.528. The summed E-state index contributed by atoms with van der Waals surface area (Å²) in [5, 5.41) is 0. The Bertz CT molecular complexity index is 334. The first-order valence-electron chi connectivity index (χ1n) is 5.63. The van der Waals surface area contributed by atoms with E-state index >= 15 is 0 Å². The fourth-order valence-electron chi connectivity index (χ4n) is 1.31. The van der Waals surface area contributed by atoms with Crippen molar-refractivity contribution >= 4 is 6.16 Å². The van der Waals surface area contributed by atoms with Gasteiger partial charge in [0, 0.05) is 0 Å². The van der Waals surface area contributed by atoms with Crippen molar-refractivity contribution in [2.45, 2.75) is 33.1 Å². The molecule has 3 nitrogen and oxygen atoms in total. The van der Waals surface area contributed by atoms with E-state index in [9.17, 15) is 4.79 Å². The molecule has 0 saturated carbocycles. The zero-order chi connectivity index (χ0) is 11.8. The van der Waals surface area contributed by atoms with Gasteiger partial charge in [0.15, 0.2) is 0 Å². The van der Waals surface area contributed by atoms with Crippen molar-refractivity contribution in [2.75, 3.05) is 6.61 Å². The standard InChI is InChI=1S/C13H18O3/c1-3-4-5-9-15-13(14)16-12-8-6-7-11(2)10-12/h6-8,10H,3-5,9H2,1-2H3. The van der Waals surface area contributed by atoms with Crippen LogP contribution in [0.5, 0.6) is 5.75 Å². The van der Waals surface area contributed by atoms with Gasteiger partial charge in [-0.15, -0.1) is 0 Å². The number of aryl methyl sites for hydroxylation is 1. The van der Waals surface area contributed by atoms with E-state index in [1.807, 2.05) is 19.1 Å². The number of hydrogen-bond acceptors (Lipinski definition) is 3. The van der Waals surface area contributed by atoms with Crippen molar-refractivity contribution < 1.29 is 14.3 Å². The van der Waals surface area contributed by atoms with Gasteiger partial charge in [-0.05, 0) is 31.0 Å². The molecule has 16 heavy (non-hydrogen) atoms. The second-order valence-corrected chi connectivity index (χ2v) is 3.72. The van der Waals surface area contributed by atoms with E-state index in [0.717, 1.165) is 24.8 Å². The van der Waals surface area contributed by atoms with Gasteiger partial charge < -0.3 is 9.47 Å². The van der Waals surface area contributed by atoms with E-state index in [4.69, 9.17) is 9.47 Å². The highest BCUT2D eigenvalue weighted by Crippen LogP contribution is 2.13. The lowest BCUT2D eigenvalue weighted by Gasteiger charge is -2.05. The van der Waals surface area contributed by atoms with E-state index in [2.05, 4.69) is 6.92 Å². The molecule has 0 aromatic heterocycles. The third kappa shape index (κ3) is 4.82. The molecule has 0 saturated heterocycles. The van der Waals surface area contributed by atoms with Crippen LogP contribution in [0.2, 0.25) is 0 Å². The Hall–Kier alpha value is -1.51. The van der Waals surface area contributed by atoms with Crippen molar-refractivity contribution in [3.8, 4) is 5.75 Å². The molecular weight excluding hydrogens is 204 g/mol. The molecule has 0 aliphatic rings. The number of rotatable bonds is 5. The maximum Gasteiger partial charge on any atom is 0.513 e. The predicted molar refractivity (Wildman–Crippen MR) is 62.7 cm³/mol. The summed E-state index contributed by atoms with van der Waals surface area (Å²) < 4.78 is 9.94. The van der Waals surface area contributed by atoms with Crippen LogP contribution in [0.25, 0.3) is 0 Å². The van der Waals surface area contributed by atoms with Crippen LogP contribution in [0.15, 0.2) is 24.3 Å². The summed E-state index contributed by atoms with van der Waals surface area (Å²) in [6.07, 6.45) is 2.44. The molecule has 0 unspecified atom stereocenters. The number of carbonyl (C=O) groups excluding carboxylic acids is 1. The first kappa shape index (κ1) is 12.6. The zero-order valence-corrected chi connectivity index (χ0v) is 9.86. The van der Waals surface area contributed by atoms with Crippen LogP contribution in [-0.4, -0.2) is 12.8 Å². The minimum absolute atomic E-state index is 0.429. The van der Waals surface area contributed by atoms with E-state index in [-0.39, 0.29) is 0 Å². The zero-order valence-electron chi connectivity index (χ0n) is 9.86. The lowest BCUT2D eigenvalue weighted by molar-refractivity contribution is 0.0974. The first-order valence-corrected chi connectivity index (χ1v) is 5.63. The van der Waals surface area contributed by atoms with Crippen LogP contribution < -0.4 is 4.74 Å².